The molecule has 2 fully saturated rings. The molecule has 7 nitrogen and oxygen atoms in total. The summed E-state index contributed by atoms with van der Waals surface area (Å²) >= 11 is 0. The lowest BCUT2D eigenvalue weighted by Crippen LogP contribution is -2.52. The zero-order chi connectivity index (χ0) is 20.2. The van der Waals surface area contributed by atoms with Crippen LogP contribution in [0.4, 0.5) is 0 Å². The number of amides is 1. The van der Waals surface area contributed by atoms with E-state index in [9.17, 15) is 4.79 Å². The van der Waals surface area contributed by atoms with Crippen LogP contribution in [0.1, 0.15) is 31.2 Å². The van der Waals surface area contributed by atoms with E-state index in [1.165, 1.54) is 5.56 Å². The predicted molar refractivity (Wildman–Crippen MR) is 111 cm³/mol. The Morgan fingerprint density at radius 2 is 2.00 bits per heavy atom. The van der Waals surface area contributed by atoms with Crippen LogP contribution >= 0.6 is 0 Å². The van der Waals surface area contributed by atoms with Crippen molar-refractivity contribution in [1.29, 1.82) is 0 Å². The molecule has 0 aliphatic carbocycles. The van der Waals surface area contributed by atoms with Gasteiger partial charge in [0.2, 0.25) is 17.6 Å². The Kier molecular flexibility index (Phi) is 6.25. The standard InChI is InChI=1S/C22H31N5O2/c1-3-25-10-12-27(13-11-25)22(28)19-8-5-9-26(15-19)16-20-23-21(24-29-20)18-7-4-6-17(2)14-18/h4,6-7,14,19H,3,5,8-13,15-16H2,1-2H3. The lowest BCUT2D eigenvalue weighted by atomic mass is 9.96. The molecular formula is C22H31N5O2. The summed E-state index contributed by atoms with van der Waals surface area (Å²) in [6, 6.07) is 8.11. The van der Waals surface area contributed by atoms with E-state index in [2.05, 4.69) is 50.8 Å². The number of aryl methyl sites for hydroxylation is 1. The summed E-state index contributed by atoms with van der Waals surface area (Å²) in [6.07, 6.45) is 2.01. The second-order valence-electron chi connectivity index (χ2n) is 8.22. The minimum atomic E-state index is 0.0797. The highest BCUT2D eigenvalue weighted by Crippen LogP contribution is 2.22. The Morgan fingerprint density at radius 1 is 1.17 bits per heavy atom. The number of likely N-dealkylation sites (tertiary alicyclic amines) is 1. The zero-order valence-electron chi connectivity index (χ0n) is 17.5. The molecule has 2 aliphatic heterocycles. The molecule has 29 heavy (non-hydrogen) atoms. The third kappa shape index (κ3) is 4.85. The second-order valence-corrected chi connectivity index (χ2v) is 8.22. The number of likely N-dealkylation sites (N-methyl/N-ethyl adjacent to an activating group) is 1. The molecular weight excluding hydrogens is 366 g/mol. The van der Waals surface area contributed by atoms with Crippen molar-refractivity contribution in [3.63, 3.8) is 0 Å². The van der Waals surface area contributed by atoms with E-state index in [1.54, 1.807) is 0 Å². The smallest absolute Gasteiger partial charge is 0.241 e. The topological polar surface area (TPSA) is 65.7 Å². The number of hydrogen-bond acceptors (Lipinski definition) is 6. The number of piperazine rings is 1. The number of rotatable bonds is 5. The minimum Gasteiger partial charge on any atom is -0.340 e. The van der Waals surface area contributed by atoms with E-state index >= 15 is 0 Å². The molecule has 156 valence electrons. The first-order valence-electron chi connectivity index (χ1n) is 10.8. The zero-order valence-corrected chi connectivity index (χ0v) is 17.5. The van der Waals surface area contributed by atoms with Crippen LogP contribution < -0.4 is 0 Å². The van der Waals surface area contributed by atoms with Crippen LogP contribution in [-0.2, 0) is 11.3 Å². The molecule has 0 spiro atoms. The highest BCUT2D eigenvalue weighted by Gasteiger charge is 2.31. The van der Waals surface area contributed by atoms with Crippen molar-refractivity contribution in [2.24, 2.45) is 5.92 Å². The average Bonchev–Trinajstić information content (AvgIpc) is 3.22. The van der Waals surface area contributed by atoms with Crippen LogP contribution in [0, 0.1) is 12.8 Å². The van der Waals surface area contributed by atoms with Crippen molar-refractivity contribution in [2.75, 3.05) is 45.8 Å². The molecule has 0 radical (unpaired) electrons. The van der Waals surface area contributed by atoms with Gasteiger partial charge in [-0.2, -0.15) is 4.98 Å². The molecule has 1 aromatic heterocycles. The van der Waals surface area contributed by atoms with Gasteiger partial charge < -0.3 is 14.3 Å². The molecule has 4 rings (SSSR count). The molecule has 1 atom stereocenters. The van der Waals surface area contributed by atoms with Gasteiger partial charge >= 0.3 is 0 Å². The Bertz CT molecular complexity index is 828. The fourth-order valence-electron chi connectivity index (χ4n) is 4.36. The van der Waals surface area contributed by atoms with Gasteiger partial charge in [-0.25, -0.2) is 0 Å². The highest BCUT2D eigenvalue weighted by atomic mass is 16.5. The number of nitrogens with zero attached hydrogens (tertiary/aromatic N) is 5. The van der Waals surface area contributed by atoms with Crippen LogP contribution in [0.25, 0.3) is 11.4 Å². The Hall–Kier alpha value is -2.25. The van der Waals surface area contributed by atoms with Gasteiger partial charge in [-0.15, -0.1) is 0 Å². The number of aromatic nitrogens is 2. The Morgan fingerprint density at radius 3 is 2.76 bits per heavy atom. The second kappa shape index (κ2) is 9.05. The van der Waals surface area contributed by atoms with Gasteiger partial charge in [0.25, 0.3) is 0 Å². The summed E-state index contributed by atoms with van der Waals surface area (Å²) in [5, 5.41) is 4.14. The third-order valence-electron chi connectivity index (χ3n) is 6.09. The quantitative estimate of drug-likeness (QED) is 0.772. The summed E-state index contributed by atoms with van der Waals surface area (Å²) in [5.74, 6) is 1.64. The van der Waals surface area contributed by atoms with Gasteiger partial charge in [0.05, 0.1) is 12.5 Å². The van der Waals surface area contributed by atoms with E-state index in [-0.39, 0.29) is 5.92 Å². The fraction of sp³-hybridized carbons (Fsp3) is 0.591. The first-order chi connectivity index (χ1) is 14.1. The van der Waals surface area contributed by atoms with Crippen molar-refractivity contribution in [1.82, 2.24) is 24.8 Å². The lowest BCUT2D eigenvalue weighted by molar-refractivity contribution is -0.139. The van der Waals surface area contributed by atoms with E-state index < -0.39 is 0 Å². The Labute approximate surface area is 172 Å². The summed E-state index contributed by atoms with van der Waals surface area (Å²) in [4.78, 5) is 24.3. The van der Waals surface area contributed by atoms with Crippen LogP contribution in [0.5, 0.6) is 0 Å². The maximum Gasteiger partial charge on any atom is 0.241 e. The van der Waals surface area contributed by atoms with Crippen LogP contribution in [0.2, 0.25) is 0 Å². The van der Waals surface area contributed by atoms with Crippen molar-refractivity contribution in [3.8, 4) is 11.4 Å². The first kappa shape index (κ1) is 20.0. The molecule has 0 saturated carbocycles. The van der Waals surface area contributed by atoms with Crippen LogP contribution in [0.3, 0.4) is 0 Å². The molecule has 1 unspecified atom stereocenters. The molecule has 2 saturated heterocycles. The van der Waals surface area contributed by atoms with Gasteiger partial charge in [-0.1, -0.05) is 35.8 Å². The van der Waals surface area contributed by atoms with Crippen molar-refractivity contribution in [3.05, 3.63) is 35.7 Å². The molecule has 0 bridgehead atoms. The summed E-state index contributed by atoms with van der Waals surface area (Å²) in [7, 11) is 0. The monoisotopic (exact) mass is 397 g/mol. The third-order valence-corrected chi connectivity index (χ3v) is 6.09. The van der Waals surface area contributed by atoms with Gasteiger partial charge in [0.1, 0.15) is 0 Å². The molecule has 7 heteroatoms. The van der Waals surface area contributed by atoms with E-state index in [0.717, 1.165) is 64.2 Å². The molecule has 3 heterocycles. The Balaban J connectivity index is 1.34. The van der Waals surface area contributed by atoms with E-state index in [1.807, 2.05) is 12.1 Å². The SMILES string of the molecule is CCN1CCN(C(=O)C2CCCN(Cc3nc(-c4cccc(C)c4)no3)C2)CC1. The number of carbonyl (C=O) groups excluding carboxylic acids is 1. The largest absolute Gasteiger partial charge is 0.340 e. The van der Waals surface area contributed by atoms with E-state index in [0.29, 0.717) is 24.2 Å². The fourth-order valence-corrected chi connectivity index (χ4v) is 4.36. The van der Waals surface area contributed by atoms with E-state index in [4.69, 9.17) is 4.52 Å². The van der Waals surface area contributed by atoms with Gasteiger partial charge in [-0.05, 0) is 38.9 Å². The van der Waals surface area contributed by atoms with Crippen LogP contribution in [-0.4, -0.2) is 76.6 Å². The summed E-state index contributed by atoms with van der Waals surface area (Å²) in [6.45, 7) is 11.3. The molecule has 1 aromatic carbocycles. The van der Waals surface area contributed by atoms with Crippen LogP contribution in [0.15, 0.2) is 28.8 Å². The predicted octanol–water partition coefficient (Wildman–Crippen LogP) is 2.42. The van der Waals surface area contributed by atoms with Gasteiger partial charge in [0.15, 0.2) is 0 Å². The lowest BCUT2D eigenvalue weighted by Gasteiger charge is -2.38. The maximum atomic E-state index is 13.0. The minimum absolute atomic E-state index is 0.0797. The average molecular weight is 398 g/mol. The summed E-state index contributed by atoms with van der Waals surface area (Å²) < 4.78 is 5.49. The maximum absolute atomic E-state index is 13.0. The van der Waals surface area contributed by atoms with Crippen molar-refractivity contribution >= 4 is 5.91 Å². The number of piperidine rings is 1. The van der Waals surface area contributed by atoms with Gasteiger partial charge in [-0.3, -0.25) is 9.69 Å². The van der Waals surface area contributed by atoms with Crippen molar-refractivity contribution in [2.45, 2.75) is 33.2 Å². The number of benzene rings is 1. The highest BCUT2D eigenvalue weighted by molar-refractivity contribution is 5.79. The number of hydrogen-bond donors (Lipinski definition) is 0. The molecule has 2 aromatic rings. The summed E-state index contributed by atoms with van der Waals surface area (Å²) in [5.41, 5.74) is 2.14. The first-order valence-corrected chi connectivity index (χ1v) is 10.8. The molecule has 0 N–H and O–H groups in total. The number of carbonyl (C=O) groups is 1. The normalized spacial score (nSPS) is 21.4. The molecule has 2 aliphatic rings. The molecule has 1 amide bonds. The van der Waals surface area contributed by atoms with Crippen molar-refractivity contribution < 1.29 is 9.32 Å². The van der Waals surface area contributed by atoms with Gasteiger partial charge in [0, 0.05) is 38.3 Å².